The molecule has 0 atom stereocenters. The number of carbonyl (C=O) groups excluding carboxylic acids is 1. The molecule has 7 nitrogen and oxygen atoms in total. The molecule has 0 aromatic carbocycles. The lowest BCUT2D eigenvalue weighted by Gasteiger charge is -2.25. The maximum absolute atomic E-state index is 12.3. The van der Waals surface area contributed by atoms with Gasteiger partial charge in [-0.2, -0.15) is 0 Å². The van der Waals surface area contributed by atoms with Gasteiger partial charge in [0.25, 0.3) is 0 Å². The highest BCUT2D eigenvalue weighted by molar-refractivity contribution is 7.14. The van der Waals surface area contributed by atoms with Crippen molar-refractivity contribution in [3.63, 3.8) is 0 Å². The van der Waals surface area contributed by atoms with E-state index in [1.165, 1.54) is 30.6 Å². The van der Waals surface area contributed by atoms with Crippen LogP contribution in [0.4, 0.5) is 5.82 Å². The predicted octanol–water partition coefficient (Wildman–Crippen LogP) is 2.88. The molecular weight excluding hydrogens is 348 g/mol. The minimum absolute atomic E-state index is 0.0254. The van der Waals surface area contributed by atoms with Crippen molar-refractivity contribution in [3.05, 3.63) is 29.5 Å². The fourth-order valence-corrected chi connectivity index (χ4v) is 3.81. The van der Waals surface area contributed by atoms with E-state index >= 15 is 0 Å². The summed E-state index contributed by atoms with van der Waals surface area (Å²) in [4.78, 5) is 23.2. The van der Waals surface area contributed by atoms with Crippen molar-refractivity contribution in [1.29, 1.82) is 0 Å². The molecule has 1 amide bonds. The maximum Gasteiger partial charge on any atom is 0.239 e. The number of anilines is 1. The summed E-state index contributed by atoms with van der Waals surface area (Å²) in [5, 5.41) is 13.8. The van der Waals surface area contributed by atoms with E-state index in [2.05, 4.69) is 30.4 Å². The molecular formula is C18H20N6OS. The number of aryl methyl sites for hydroxylation is 1. The largest absolute Gasteiger partial charge is 0.310 e. The Balaban J connectivity index is 1.51. The number of piperidine rings is 1. The third-order valence-corrected chi connectivity index (χ3v) is 5.31. The summed E-state index contributed by atoms with van der Waals surface area (Å²) in [6, 6.07) is 3.86. The molecule has 0 saturated carbocycles. The van der Waals surface area contributed by atoms with Crippen LogP contribution in [0, 0.1) is 6.92 Å². The molecule has 1 saturated heterocycles. The van der Waals surface area contributed by atoms with Crippen LogP contribution < -0.4 is 5.32 Å². The van der Waals surface area contributed by atoms with E-state index in [-0.39, 0.29) is 5.91 Å². The minimum atomic E-state index is -0.0254. The van der Waals surface area contributed by atoms with Crippen molar-refractivity contribution < 1.29 is 4.79 Å². The number of rotatable bonds is 4. The summed E-state index contributed by atoms with van der Waals surface area (Å²) >= 11 is 1.53. The number of nitrogens with one attached hydrogen (secondary N) is 1. The summed E-state index contributed by atoms with van der Waals surface area (Å²) < 4.78 is 0. The second kappa shape index (κ2) is 7.43. The van der Waals surface area contributed by atoms with Gasteiger partial charge in [0, 0.05) is 17.1 Å². The lowest BCUT2D eigenvalue weighted by atomic mass is 10.1. The molecule has 26 heavy (non-hydrogen) atoms. The summed E-state index contributed by atoms with van der Waals surface area (Å²) in [5.74, 6) is 0.523. The van der Waals surface area contributed by atoms with Crippen LogP contribution in [0.5, 0.6) is 0 Å². The van der Waals surface area contributed by atoms with Gasteiger partial charge >= 0.3 is 0 Å². The fourth-order valence-electron chi connectivity index (χ4n) is 3.13. The Bertz CT molecular complexity index is 934. The molecule has 1 aliphatic heterocycles. The van der Waals surface area contributed by atoms with Crippen molar-refractivity contribution in [3.8, 4) is 10.6 Å². The summed E-state index contributed by atoms with van der Waals surface area (Å²) in [5.41, 5.74) is 1.70. The zero-order valence-electron chi connectivity index (χ0n) is 14.6. The molecule has 134 valence electrons. The smallest absolute Gasteiger partial charge is 0.239 e. The van der Waals surface area contributed by atoms with Gasteiger partial charge < -0.3 is 5.32 Å². The van der Waals surface area contributed by atoms with Gasteiger partial charge in [-0.3, -0.25) is 14.7 Å². The highest BCUT2D eigenvalue weighted by atomic mass is 32.1. The molecule has 0 bridgehead atoms. The van der Waals surface area contributed by atoms with Gasteiger partial charge in [-0.05, 0) is 45.0 Å². The summed E-state index contributed by atoms with van der Waals surface area (Å²) in [6.07, 6.45) is 7.05. The number of carbonyl (C=O) groups is 1. The number of amides is 1. The van der Waals surface area contributed by atoms with Crippen LogP contribution in [0.3, 0.4) is 0 Å². The topological polar surface area (TPSA) is 83.9 Å². The van der Waals surface area contributed by atoms with Crippen LogP contribution >= 0.6 is 11.3 Å². The van der Waals surface area contributed by atoms with E-state index in [4.69, 9.17) is 0 Å². The SMILES string of the molecule is Cc1nnc(-c2cnc3cnc(NC(=O)CN4CCCCC4)cc3c2)s1. The third-order valence-electron chi connectivity index (χ3n) is 4.42. The number of fused-ring (bicyclic) bond motifs is 1. The van der Waals surface area contributed by atoms with Crippen LogP contribution in [0.1, 0.15) is 24.3 Å². The first-order valence-electron chi connectivity index (χ1n) is 8.76. The Morgan fingerprint density at radius 3 is 2.77 bits per heavy atom. The molecule has 0 radical (unpaired) electrons. The number of hydrogen-bond acceptors (Lipinski definition) is 7. The minimum Gasteiger partial charge on any atom is -0.310 e. The number of hydrogen-bond donors (Lipinski definition) is 1. The first-order valence-corrected chi connectivity index (χ1v) is 9.57. The van der Waals surface area contributed by atoms with Gasteiger partial charge in [0.2, 0.25) is 5.91 Å². The molecule has 3 aromatic heterocycles. The number of aromatic nitrogens is 4. The van der Waals surface area contributed by atoms with Crippen molar-refractivity contribution >= 4 is 34.0 Å². The van der Waals surface area contributed by atoms with Crippen molar-refractivity contribution in [1.82, 2.24) is 25.1 Å². The van der Waals surface area contributed by atoms with Crippen molar-refractivity contribution in [2.45, 2.75) is 26.2 Å². The van der Waals surface area contributed by atoms with Gasteiger partial charge in [-0.15, -0.1) is 10.2 Å². The molecule has 8 heteroatoms. The van der Waals surface area contributed by atoms with Gasteiger partial charge in [-0.25, -0.2) is 4.98 Å². The first kappa shape index (κ1) is 17.0. The molecule has 4 rings (SSSR count). The number of pyridine rings is 2. The van der Waals surface area contributed by atoms with Gasteiger partial charge in [0.1, 0.15) is 15.8 Å². The van der Waals surface area contributed by atoms with Gasteiger partial charge in [-0.1, -0.05) is 17.8 Å². The Labute approximate surface area is 155 Å². The van der Waals surface area contributed by atoms with Crippen LogP contribution in [0.15, 0.2) is 24.5 Å². The molecule has 0 spiro atoms. The second-order valence-electron chi connectivity index (χ2n) is 6.50. The number of likely N-dealkylation sites (tertiary alicyclic amines) is 1. The van der Waals surface area contributed by atoms with Crippen LogP contribution in [-0.2, 0) is 4.79 Å². The lowest BCUT2D eigenvalue weighted by Crippen LogP contribution is -2.36. The normalized spacial score (nSPS) is 15.3. The van der Waals surface area contributed by atoms with E-state index in [1.54, 1.807) is 12.4 Å². The van der Waals surface area contributed by atoms with Crippen molar-refractivity contribution in [2.24, 2.45) is 0 Å². The quantitative estimate of drug-likeness (QED) is 0.762. The van der Waals surface area contributed by atoms with Crippen LogP contribution in [0.25, 0.3) is 21.5 Å². The van der Waals surface area contributed by atoms with Crippen molar-refractivity contribution in [2.75, 3.05) is 25.0 Å². The van der Waals surface area contributed by atoms with Crippen LogP contribution in [0.2, 0.25) is 0 Å². The zero-order chi connectivity index (χ0) is 17.9. The standard InChI is InChI=1S/C18H20N6OS/c1-12-22-23-18(26-12)14-7-13-8-16(20-10-15(13)19-9-14)21-17(25)11-24-5-3-2-4-6-24/h7-10H,2-6,11H2,1H3,(H,20,21,25). The zero-order valence-corrected chi connectivity index (χ0v) is 15.4. The van der Waals surface area contributed by atoms with E-state index in [0.717, 1.165) is 39.6 Å². The Morgan fingerprint density at radius 1 is 1.15 bits per heavy atom. The number of nitrogens with zero attached hydrogens (tertiary/aromatic N) is 5. The van der Waals surface area contributed by atoms with E-state index in [1.807, 2.05) is 19.1 Å². The molecule has 0 unspecified atom stereocenters. The van der Waals surface area contributed by atoms with Gasteiger partial charge in [0.05, 0.1) is 18.3 Å². The third kappa shape index (κ3) is 3.86. The monoisotopic (exact) mass is 368 g/mol. The highest BCUT2D eigenvalue weighted by Crippen LogP contribution is 2.26. The molecule has 1 N–H and O–H groups in total. The molecule has 3 aromatic rings. The Morgan fingerprint density at radius 2 is 2.00 bits per heavy atom. The Hall–Kier alpha value is -2.45. The molecule has 1 aliphatic rings. The average Bonchev–Trinajstić information content (AvgIpc) is 3.08. The summed E-state index contributed by atoms with van der Waals surface area (Å²) in [7, 11) is 0. The second-order valence-corrected chi connectivity index (χ2v) is 7.68. The van der Waals surface area contributed by atoms with E-state index < -0.39 is 0 Å². The predicted molar refractivity (Wildman–Crippen MR) is 102 cm³/mol. The fraction of sp³-hybridized carbons (Fsp3) is 0.389. The highest BCUT2D eigenvalue weighted by Gasteiger charge is 2.14. The van der Waals surface area contributed by atoms with Crippen LogP contribution in [-0.4, -0.2) is 50.6 Å². The van der Waals surface area contributed by atoms with E-state index in [0.29, 0.717) is 12.4 Å². The average molecular weight is 368 g/mol. The summed E-state index contributed by atoms with van der Waals surface area (Å²) in [6.45, 7) is 4.33. The first-order chi connectivity index (χ1) is 12.7. The Kier molecular flexibility index (Phi) is 4.85. The van der Waals surface area contributed by atoms with Gasteiger partial charge in [0.15, 0.2) is 0 Å². The van der Waals surface area contributed by atoms with E-state index in [9.17, 15) is 4.79 Å². The maximum atomic E-state index is 12.3. The molecule has 0 aliphatic carbocycles. The molecule has 1 fully saturated rings. The lowest BCUT2D eigenvalue weighted by molar-refractivity contribution is -0.117. The molecule has 4 heterocycles.